The standard InChI is InChI=1S/C10H11N3O4S2/c1-13(5-7-2-3-18-6-7)19(16,17)9-8(10(14)15)4-11-12-9/h2-4,6H,5H2,1H3,(H,11,12)(H,14,15). The number of aromatic amines is 1. The molecule has 7 nitrogen and oxygen atoms in total. The third-order valence-electron chi connectivity index (χ3n) is 2.49. The highest BCUT2D eigenvalue weighted by atomic mass is 32.2. The summed E-state index contributed by atoms with van der Waals surface area (Å²) in [7, 11) is -2.52. The molecule has 0 atom stereocenters. The van der Waals surface area contributed by atoms with Crippen LogP contribution in [0.25, 0.3) is 0 Å². The Morgan fingerprint density at radius 3 is 2.89 bits per heavy atom. The van der Waals surface area contributed by atoms with Crippen LogP contribution >= 0.6 is 11.3 Å². The van der Waals surface area contributed by atoms with E-state index in [1.54, 1.807) is 0 Å². The van der Waals surface area contributed by atoms with Crippen molar-refractivity contribution in [2.75, 3.05) is 7.05 Å². The largest absolute Gasteiger partial charge is 0.478 e. The minimum Gasteiger partial charge on any atom is -0.478 e. The molecule has 102 valence electrons. The Morgan fingerprint density at radius 2 is 2.32 bits per heavy atom. The van der Waals surface area contributed by atoms with E-state index in [0.29, 0.717) is 0 Å². The molecule has 0 aromatic carbocycles. The molecule has 0 bridgehead atoms. The molecule has 0 aliphatic carbocycles. The fourth-order valence-corrected chi connectivity index (χ4v) is 3.38. The van der Waals surface area contributed by atoms with Crippen molar-refractivity contribution in [3.8, 4) is 0 Å². The molecule has 0 amide bonds. The van der Waals surface area contributed by atoms with Crippen LogP contribution in [0.5, 0.6) is 0 Å². The first-order valence-corrected chi connectivity index (χ1v) is 7.55. The summed E-state index contributed by atoms with van der Waals surface area (Å²) < 4.78 is 25.6. The molecular formula is C10H11N3O4S2. The van der Waals surface area contributed by atoms with Crippen molar-refractivity contribution in [3.05, 3.63) is 34.2 Å². The van der Waals surface area contributed by atoms with Crippen LogP contribution in [0.2, 0.25) is 0 Å². The Morgan fingerprint density at radius 1 is 1.58 bits per heavy atom. The predicted molar refractivity (Wildman–Crippen MR) is 68.5 cm³/mol. The van der Waals surface area contributed by atoms with Gasteiger partial charge in [0, 0.05) is 13.6 Å². The van der Waals surface area contributed by atoms with Crippen molar-refractivity contribution in [2.45, 2.75) is 11.6 Å². The SMILES string of the molecule is CN(Cc1ccsc1)S(=O)(=O)c1[nH]ncc1C(=O)O. The minimum absolute atomic E-state index is 0.171. The molecule has 2 aromatic heterocycles. The van der Waals surface area contributed by atoms with Crippen LogP contribution in [0, 0.1) is 0 Å². The predicted octanol–water partition coefficient (Wildman–Crippen LogP) is 0.990. The lowest BCUT2D eigenvalue weighted by molar-refractivity contribution is 0.0692. The molecule has 0 fully saturated rings. The van der Waals surface area contributed by atoms with Crippen molar-refractivity contribution in [2.24, 2.45) is 0 Å². The van der Waals surface area contributed by atoms with E-state index in [0.717, 1.165) is 16.1 Å². The van der Waals surface area contributed by atoms with Crippen LogP contribution in [0.3, 0.4) is 0 Å². The number of thiophene rings is 1. The monoisotopic (exact) mass is 301 g/mol. The van der Waals surface area contributed by atoms with Gasteiger partial charge in [-0.15, -0.1) is 0 Å². The van der Waals surface area contributed by atoms with E-state index in [2.05, 4.69) is 10.2 Å². The molecule has 0 radical (unpaired) electrons. The number of aromatic nitrogens is 2. The summed E-state index contributed by atoms with van der Waals surface area (Å²) >= 11 is 1.46. The Kier molecular flexibility index (Phi) is 3.69. The molecule has 2 rings (SSSR count). The molecule has 2 N–H and O–H groups in total. The van der Waals surface area contributed by atoms with Crippen LogP contribution in [0.15, 0.2) is 28.0 Å². The molecule has 0 saturated heterocycles. The van der Waals surface area contributed by atoms with Crippen LogP contribution < -0.4 is 0 Å². The summed E-state index contributed by atoms with van der Waals surface area (Å²) in [6.07, 6.45) is 0.980. The van der Waals surface area contributed by atoms with Gasteiger partial charge in [0.2, 0.25) is 0 Å². The van der Waals surface area contributed by atoms with Crippen molar-refractivity contribution < 1.29 is 18.3 Å². The number of nitrogens with one attached hydrogen (secondary N) is 1. The van der Waals surface area contributed by atoms with Gasteiger partial charge in [0.25, 0.3) is 10.0 Å². The van der Waals surface area contributed by atoms with Gasteiger partial charge in [0.1, 0.15) is 5.56 Å². The molecular weight excluding hydrogens is 290 g/mol. The van der Waals surface area contributed by atoms with Crippen LogP contribution in [-0.4, -0.2) is 41.0 Å². The van der Waals surface area contributed by atoms with Crippen LogP contribution in [-0.2, 0) is 16.6 Å². The van der Waals surface area contributed by atoms with Gasteiger partial charge in [0.05, 0.1) is 6.20 Å². The van der Waals surface area contributed by atoms with Gasteiger partial charge < -0.3 is 5.11 Å². The fourth-order valence-electron chi connectivity index (χ4n) is 1.50. The van der Waals surface area contributed by atoms with E-state index < -0.39 is 21.0 Å². The smallest absolute Gasteiger partial charge is 0.340 e. The highest BCUT2D eigenvalue weighted by molar-refractivity contribution is 7.89. The number of carboxylic acid groups (broad SMARTS) is 1. The number of H-pyrrole nitrogens is 1. The number of hydrogen-bond acceptors (Lipinski definition) is 5. The van der Waals surface area contributed by atoms with E-state index in [1.807, 2.05) is 16.8 Å². The highest BCUT2D eigenvalue weighted by Gasteiger charge is 2.28. The van der Waals surface area contributed by atoms with E-state index in [9.17, 15) is 13.2 Å². The first-order chi connectivity index (χ1) is 8.93. The molecule has 9 heteroatoms. The second kappa shape index (κ2) is 5.11. The maximum atomic E-state index is 12.2. The number of nitrogens with zero attached hydrogens (tertiary/aromatic N) is 2. The lowest BCUT2D eigenvalue weighted by Gasteiger charge is -2.15. The van der Waals surface area contributed by atoms with Gasteiger partial charge in [-0.05, 0) is 22.4 Å². The fraction of sp³-hybridized carbons (Fsp3) is 0.200. The minimum atomic E-state index is -3.91. The third kappa shape index (κ3) is 2.67. The van der Waals surface area contributed by atoms with Crippen molar-refractivity contribution >= 4 is 27.3 Å². The third-order valence-corrected chi connectivity index (χ3v) is 5.00. The zero-order valence-electron chi connectivity index (χ0n) is 9.90. The van der Waals surface area contributed by atoms with Gasteiger partial charge in [-0.3, -0.25) is 5.10 Å². The number of rotatable bonds is 5. The molecule has 2 aromatic rings. The van der Waals surface area contributed by atoms with Crippen molar-refractivity contribution in [1.29, 1.82) is 0 Å². The van der Waals surface area contributed by atoms with E-state index in [4.69, 9.17) is 5.11 Å². The average Bonchev–Trinajstić information content (AvgIpc) is 2.98. The summed E-state index contributed by atoms with van der Waals surface area (Å²) in [5.41, 5.74) is 0.477. The lowest BCUT2D eigenvalue weighted by Crippen LogP contribution is -2.28. The Balaban J connectivity index is 2.31. The summed E-state index contributed by atoms with van der Waals surface area (Å²) in [6.45, 7) is 0.171. The van der Waals surface area contributed by atoms with Crippen LogP contribution in [0.1, 0.15) is 15.9 Å². The second-order valence-corrected chi connectivity index (χ2v) is 6.57. The molecule has 0 saturated carbocycles. The molecule has 19 heavy (non-hydrogen) atoms. The number of carboxylic acids is 1. The Hall–Kier alpha value is -1.71. The second-order valence-electron chi connectivity index (χ2n) is 3.81. The Labute approximate surface area is 113 Å². The molecule has 0 unspecified atom stereocenters. The quantitative estimate of drug-likeness (QED) is 0.857. The summed E-state index contributed by atoms with van der Waals surface area (Å²) in [6, 6.07) is 1.81. The summed E-state index contributed by atoms with van der Waals surface area (Å²) in [4.78, 5) is 10.9. The maximum Gasteiger partial charge on any atom is 0.340 e. The topological polar surface area (TPSA) is 103 Å². The average molecular weight is 301 g/mol. The molecule has 0 aliphatic heterocycles. The molecule has 0 aliphatic rings. The van der Waals surface area contributed by atoms with Gasteiger partial charge in [-0.2, -0.15) is 20.7 Å². The van der Waals surface area contributed by atoms with Gasteiger partial charge in [0.15, 0.2) is 5.03 Å². The highest BCUT2D eigenvalue weighted by Crippen LogP contribution is 2.19. The van der Waals surface area contributed by atoms with Gasteiger partial charge >= 0.3 is 5.97 Å². The van der Waals surface area contributed by atoms with E-state index in [1.165, 1.54) is 18.4 Å². The Bertz CT molecular complexity index is 675. The number of carbonyl (C=O) groups is 1. The number of sulfonamides is 1. The van der Waals surface area contributed by atoms with E-state index >= 15 is 0 Å². The van der Waals surface area contributed by atoms with Gasteiger partial charge in [-0.1, -0.05) is 0 Å². The van der Waals surface area contributed by atoms with Crippen molar-refractivity contribution in [3.63, 3.8) is 0 Å². The first-order valence-electron chi connectivity index (χ1n) is 5.17. The number of hydrogen-bond donors (Lipinski definition) is 2. The number of aromatic carboxylic acids is 1. The molecule has 2 heterocycles. The van der Waals surface area contributed by atoms with E-state index in [-0.39, 0.29) is 12.1 Å². The van der Waals surface area contributed by atoms with Crippen LogP contribution in [0.4, 0.5) is 0 Å². The normalized spacial score (nSPS) is 11.9. The maximum absolute atomic E-state index is 12.2. The zero-order valence-corrected chi connectivity index (χ0v) is 11.5. The molecule has 0 spiro atoms. The lowest BCUT2D eigenvalue weighted by atomic mass is 10.3. The zero-order chi connectivity index (χ0) is 14.0. The summed E-state index contributed by atoms with van der Waals surface area (Å²) in [5.74, 6) is -1.34. The first kappa shape index (κ1) is 13.7. The summed E-state index contributed by atoms with van der Waals surface area (Å²) in [5, 5.41) is 17.9. The van der Waals surface area contributed by atoms with Crippen molar-refractivity contribution in [1.82, 2.24) is 14.5 Å². The van der Waals surface area contributed by atoms with Gasteiger partial charge in [-0.25, -0.2) is 13.2 Å².